The van der Waals surface area contributed by atoms with Gasteiger partial charge in [-0.2, -0.15) is 0 Å². The molecule has 3 aromatic rings. The van der Waals surface area contributed by atoms with Crippen LogP contribution >= 0.6 is 0 Å². The highest BCUT2D eigenvalue weighted by Gasteiger charge is 2.22. The summed E-state index contributed by atoms with van der Waals surface area (Å²) in [4.78, 5) is 14.9. The molecule has 0 spiro atoms. The maximum atomic E-state index is 12.8. The molecule has 154 valence electrons. The average molecular weight is 395 g/mol. The predicted octanol–water partition coefficient (Wildman–Crippen LogP) is 5.11. The van der Waals surface area contributed by atoms with E-state index in [0.29, 0.717) is 6.61 Å². The molecule has 0 aliphatic carbocycles. The van der Waals surface area contributed by atoms with Gasteiger partial charge < -0.3 is 14.4 Å². The molecular formula is C24H30N2O3. The number of fused-ring (bicyclic) bond motifs is 1. The number of benzene rings is 2. The summed E-state index contributed by atoms with van der Waals surface area (Å²) >= 11 is 0. The summed E-state index contributed by atoms with van der Waals surface area (Å²) in [6.07, 6.45) is 2.32. The molecule has 0 bridgehead atoms. The van der Waals surface area contributed by atoms with Gasteiger partial charge in [-0.25, -0.2) is 4.79 Å². The summed E-state index contributed by atoms with van der Waals surface area (Å²) in [5.41, 5.74) is 2.42. The number of rotatable bonds is 6. The summed E-state index contributed by atoms with van der Waals surface area (Å²) in [7, 11) is 4.08. The van der Waals surface area contributed by atoms with Gasteiger partial charge in [-0.05, 0) is 64.5 Å². The maximum absolute atomic E-state index is 12.8. The highest BCUT2D eigenvalue weighted by Crippen LogP contribution is 2.32. The van der Waals surface area contributed by atoms with Gasteiger partial charge in [0.15, 0.2) is 0 Å². The molecule has 1 aromatic heterocycles. The van der Waals surface area contributed by atoms with Gasteiger partial charge in [-0.3, -0.25) is 4.57 Å². The summed E-state index contributed by atoms with van der Waals surface area (Å²) in [5, 5.41) is 0.969. The van der Waals surface area contributed by atoms with E-state index in [9.17, 15) is 4.79 Å². The first-order valence-corrected chi connectivity index (χ1v) is 9.92. The predicted molar refractivity (Wildman–Crippen MR) is 117 cm³/mol. The average Bonchev–Trinajstić information content (AvgIpc) is 3.04. The second-order valence-electron chi connectivity index (χ2n) is 8.48. The number of hydrogen-bond donors (Lipinski definition) is 0. The Morgan fingerprint density at radius 2 is 1.76 bits per heavy atom. The number of likely N-dealkylation sites (N-methyl/N-ethyl adjacent to an activating group) is 1. The van der Waals surface area contributed by atoms with Gasteiger partial charge in [-0.1, -0.05) is 36.4 Å². The quantitative estimate of drug-likeness (QED) is 0.583. The number of hydrogen-bond acceptors (Lipinski definition) is 4. The SMILES string of the molecule is CN(C)CCc1cn(C(=O)OC(C)(C)C)c2cccc(OCc3ccccc3)c12. The lowest BCUT2D eigenvalue weighted by Crippen LogP contribution is -2.26. The van der Waals surface area contributed by atoms with Gasteiger partial charge in [0, 0.05) is 18.1 Å². The summed E-state index contributed by atoms with van der Waals surface area (Å²) in [6.45, 7) is 6.97. The first-order chi connectivity index (χ1) is 13.7. The molecule has 0 aliphatic rings. The van der Waals surface area contributed by atoms with Crippen molar-refractivity contribution >= 4 is 17.0 Å². The zero-order valence-corrected chi connectivity index (χ0v) is 17.9. The molecule has 3 rings (SSSR count). The number of aromatic nitrogens is 1. The van der Waals surface area contributed by atoms with Crippen molar-refractivity contribution < 1.29 is 14.3 Å². The van der Waals surface area contributed by atoms with E-state index >= 15 is 0 Å². The van der Waals surface area contributed by atoms with Crippen LogP contribution in [0, 0.1) is 0 Å². The van der Waals surface area contributed by atoms with Crippen molar-refractivity contribution in [3.05, 3.63) is 65.9 Å². The Balaban J connectivity index is 1.99. The van der Waals surface area contributed by atoms with E-state index in [2.05, 4.69) is 4.90 Å². The molecule has 0 atom stereocenters. The van der Waals surface area contributed by atoms with Crippen LogP contribution < -0.4 is 4.74 Å². The Morgan fingerprint density at radius 1 is 1.03 bits per heavy atom. The van der Waals surface area contributed by atoms with E-state index in [0.717, 1.165) is 40.7 Å². The molecule has 0 radical (unpaired) electrons. The Morgan fingerprint density at radius 3 is 2.41 bits per heavy atom. The summed E-state index contributed by atoms with van der Waals surface area (Å²) in [6, 6.07) is 15.9. The summed E-state index contributed by atoms with van der Waals surface area (Å²) < 4.78 is 13.4. The third-order valence-corrected chi connectivity index (χ3v) is 4.53. The highest BCUT2D eigenvalue weighted by atomic mass is 16.6. The van der Waals surface area contributed by atoms with Gasteiger partial charge in [0.2, 0.25) is 0 Å². The molecule has 0 saturated carbocycles. The van der Waals surface area contributed by atoms with E-state index in [4.69, 9.17) is 9.47 Å². The maximum Gasteiger partial charge on any atom is 0.419 e. The van der Waals surface area contributed by atoms with Crippen molar-refractivity contribution in [1.29, 1.82) is 0 Å². The van der Waals surface area contributed by atoms with Crippen molar-refractivity contribution in [2.45, 2.75) is 39.4 Å². The van der Waals surface area contributed by atoms with Crippen molar-refractivity contribution in [2.24, 2.45) is 0 Å². The van der Waals surface area contributed by atoms with E-state index in [1.165, 1.54) is 0 Å². The van der Waals surface area contributed by atoms with Crippen molar-refractivity contribution in [1.82, 2.24) is 9.47 Å². The van der Waals surface area contributed by atoms with E-state index < -0.39 is 5.60 Å². The van der Waals surface area contributed by atoms with Crippen LogP contribution in [0.1, 0.15) is 31.9 Å². The van der Waals surface area contributed by atoms with Gasteiger partial charge in [0.05, 0.1) is 5.52 Å². The molecule has 0 unspecified atom stereocenters. The monoisotopic (exact) mass is 394 g/mol. The number of ether oxygens (including phenoxy) is 2. The lowest BCUT2D eigenvalue weighted by molar-refractivity contribution is 0.0544. The molecule has 0 fully saturated rings. The molecule has 0 saturated heterocycles. The third kappa shape index (κ3) is 5.39. The van der Waals surface area contributed by atoms with Crippen molar-refractivity contribution in [2.75, 3.05) is 20.6 Å². The Kier molecular flexibility index (Phi) is 6.28. The van der Waals surface area contributed by atoms with E-state index in [-0.39, 0.29) is 6.09 Å². The number of carbonyl (C=O) groups is 1. The van der Waals surface area contributed by atoms with Crippen LogP contribution in [0.25, 0.3) is 10.9 Å². The van der Waals surface area contributed by atoms with Crippen LogP contribution in [0.3, 0.4) is 0 Å². The zero-order valence-electron chi connectivity index (χ0n) is 17.9. The fourth-order valence-electron chi connectivity index (χ4n) is 3.18. The van der Waals surface area contributed by atoms with Crippen LogP contribution in [0.15, 0.2) is 54.7 Å². The van der Waals surface area contributed by atoms with E-state index in [1.54, 1.807) is 4.57 Å². The molecule has 0 aliphatic heterocycles. The topological polar surface area (TPSA) is 43.7 Å². The lowest BCUT2D eigenvalue weighted by Gasteiger charge is -2.19. The molecule has 0 N–H and O–H groups in total. The highest BCUT2D eigenvalue weighted by molar-refractivity contribution is 5.96. The first-order valence-electron chi connectivity index (χ1n) is 9.92. The van der Waals surface area contributed by atoms with Crippen LogP contribution in [0.4, 0.5) is 4.79 Å². The fourth-order valence-corrected chi connectivity index (χ4v) is 3.18. The molecule has 1 heterocycles. The van der Waals surface area contributed by atoms with Crippen molar-refractivity contribution in [3.63, 3.8) is 0 Å². The molecule has 29 heavy (non-hydrogen) atoms. The molecule has 5 heteroatoms. The molecule has 0 amide bonds. The van der Waals surface area contributed by atoms with Gasteiger partial charge in [-0.15, -0.1) is 0 Å². The van der Waals surface area contributed by atoms with Crippen molar-refractivity contribution in [3.8, 4) is 5.75 Å². The normalized spacial score (nSPS) is 11.8. The van der Waals surface area contributed by atoms with Gasteiger partial charge in [0.25, 0.3) is 0 Å². The minimum absolute atomic E-state index is 0.376. The Labute approximate surface area is 172 Å². The fraction of sp³-hybridized carbons (Fsp3) is 0.375. The Hall–Kier alpha value is -2.79. The molecular weight excluding hydrogens is 364 g/mol. The van der Waals surface area contributed by atoms with Crippen LogP contribution in [-0.2, 0) is 17.8 Å². The second kappa shape index (κ2) is 8.70. The lowest BCUT2D eigenvalue weighted by atomic mass is 10.1. The number of carbonyl (C=O) groups excluding carboxylic acids is 1. The molecule has 2 aromatic carbocycles. The van der Waals surface area contributed by atoms with Crippen LogP contribution in [0.2, 0.25) is 0 Å². The van der Waals surface area contributed by atoms with Crippen LogP contribution in [-0.4, -0.2) is 41.8 Å². The Bertz CT molecular complexity index is 969. The largest absolute Gasteiger partial charge is 0.488 e. The minimum Gasteiger partial charge on any atom is -0.488 e. The smallest absolute Gasteiger partial charge is 0.419 e. The van der Waals surface area contributed by atoms with Gasteiger partial charge >= 0.3 is 6.09 Å². The zero-order chi connectivity index (χ0) is 21.0. The standard InChI is InChI=1S/C24H30N2O3/c1-24(2,3)29-23(27)26-16-19(14-15-25(4)5)22-20(26)12-9-13-21(22)28-17-18-10-7-6-8-11-18/h6-13,16H,14-15,17H2,1-5H3. The third-order valence-electron chi connectivity index (χ3n) is 4.53. The van der Waals surface area contributed by atoms with Crippen LogP contribution in [0.5, 0.6) is 5.75 Å². The second-order valence-corrected chi connectivity index (χ2v) is 8.48. The number of nitrogens with zero attached hydrogens (tertiary/aromatic N) is 2. The van der Waals surface area contributed by atoms with E-state index in [1.807, 2.05) is 89.6 Å². The summed E-state index contributed by atoms with van der Waals surface area (Å²) in [5.74, 6) is 0.780. The minimum atomic E-state index is -0.557. The first kappa shape index (κ1) is 20.9. The van der Waals surface area contributed by atoms with Gasteiger partial charge in [0.1, 0.15) is 18.0 Å². The molecule has 5 nitrogen and oxygen atoms in total.